The number of esters is 1. The number of aryl methyl sites for hydroxylation is 1. The van der Waals surface area contributed by atoms with Crippen LogP contribution in [0.25, 0.3) is 11.4 Å². The second-order valence-corrected chi connectivity index (χ2v) is 12.0. The molecule has 2 amide bonds. The molecule has 0 bridgehead atoms. The Morgan fingerprint density at radius 3 is 2.24 bits per heavy atom. The first-order valence-corrected chi connectivity index (χ1v) is 14.7. The van der Waals surface area contributed by atoms with Crippen molar-refractivity contribution < 1.29 is 27.5 Å². The molecule has 1 aliphatic rings. The molecule has 12 heteroatoms. The Labute approximate surface area is 239 Å². The van der Waals surface area contributed by atoms with Crippen molar-refractivity contribution >= 4 is 33.5 Å². The highest BCUT2D eigenvalue weighted by Gasteiger charge is 2.37. The molecule has 0 saturated carbocycles. The maximum atomic E-state index is 13.9. The average Bonchev–Trinajstić information content (AvgIpc) is 2.92. The molecule has 41 heavy (non-hydrogen) atoms. The molecule has 3 aromatic rings. The Kier molecular flexibility index (Phi) is 8.83. The van der Waals surface area contributed by atoms with E-state index in [-0.39, 0.29) is 41.7 Å². The molecule has 1 atom stereocenters. The van der Waals surface area contributed by atoms with E-state index >= 15 is 0 Å². The number of amides is 2. The van der Waals surface area contributed by atoms with E-state index in [1.807, 2.05) is 30.3 Å². The smallest absolute Gasteiger partial charge is 0.342 e. The lowest BCUT2D eigenvalue weighted by molar-refractivity contribution is -0.114. The minimum absolute atomic E-state index is 0.00894. The molecule has 2 heterocycles. The number of carbonyl (C=O) groups is 3. The molecule has 1 aromatic heterocycles. The number of sulfonamides is 1. The second kappa shape index (κ2) is 12.1. The normalized spacial score (nSPS) is 16.0. The van der Waals surface area contributed by atoms with Crippen molar-refractivity contribution in [2.75, 3.05) is 25.0 Å². The Morgan fingerprint density at radius 2 is 1.66 bits per heavy atom. The molecular formula is C29H33N5O6S. The standard InChI is InChI=1S/C29H33N5O6S/c1-18(2)40-29(37)25-20(4)30-27(22-9-7-6-8-10-22)32-26(25)28(36)33-15-16-34(19(3)17-33)41(38,39)24-13-11-23(12-14-24)31-21(5)35/h6-14,18-19H,15-17H2,1-5H3,(H,31,35). The van der Waals surface area contributed by atoms with Crippen molar-refractivity contribution in [3.63, 3.8) is 0 Å². The van der Waals surface area contributed by atoms with Gasteiger partial charge in [-0.1, -0.05) is 30.3 Å². The van der Waals surface area contributed by atoms with Crippen LogP contribution in [0.1, 0.15) is 54.2 Å². The number of rotatable bonds is 7. The highest BCUT2D eigenvalue weighted by atomic mass is 32.2. The van der Waals surface area contributed by atoms with Crippen LogP contribution in [-0.2, 0) is 19.6 Å². The molecule has 1 unspecified atom stereocenters. The summed E-state index contributed by atoms with van der Waals surface area (Å²) in [5.41, 5.74) is 1.39. The fourth-order valence-electron chi connectivity index (χ4n) is 4.64. The quantitative estimate of drug-likeness (QED) is 0.420. The summed E-state index contributed by atoms with van der Waals surface area (Å²) in [5.74, 6) is -1.17. The van der Waals surface area contributed by atoms with Crippen LogP contribution in [0.3, 0.4) is 0 Å². The molecule has 1 N–H and O–H groups in total. The van der Waals surface area contributed by atoms with Gasteiger partial charge < -0.3 is 15.0 Å². The van der Waals surface area contributed by atoms with Crippen LogP contribution in [0.2, 0.25) is 0 Å². The largest absolute Gasteiger partial charge is 0.459 e. The van der Waals surface area contributed by atoms with Gasteiger partial charge in [0, 0.05) is 43.9 Å². The Bertz CT molecular complexity index is 1560. The number of ether oxygens (including phenoxy) is 1. The van der Waals surface area contributed by atoms with Crippen molar-refractivity contribution in [1.82, 2.24) is 19.2 Å². The average molecular weight is 580 g/mol. The molecule has 1 saturated heterocycles. The molecule has 0 radical (unpaired) electrons. The lowest BCUT2D eigenvalue weighted by atomic mass is 10.1. The summed E-state index contributed by atoms with van der Waals surface area (Å²) in [6, 6.07) is 14.5. The summed E-state index contributed by atoms with van der Waals surface area (Å²) in [4.78, 5) is 48.8. The minimum Gasteiger partial charge on any atom is -0.459 e. The van der Waals surface area contributed by atoms with Gasteiger partial charge in [-0.25, -0.2) is 23.2 Å². The SMILES string of the molecule is CC(=O)Nc1ccc(S(=O)(=O)N2CCN(C(=O)c3nc(-c4ccccc4)nc(C)c3C(=O)OC(C)C)CC2C)cc1. The van der Waals surface area contributed by atoms with Gasteiger partial charge in [0.25, 0.3) is 5.91 Å². The lowest BCUT2D eigenvalue weighted by Crippen LogP contribution is -2.55. The lowest BCUT2D eigenvalue weighted by Gasteiger charge is -2.39. The first kappa shape index (κ1) is 29.8. The highest BCUT2D eigenvalue weighted by molar-refractivity contribution is 7.89. The Balaban J connectivity index is 1.61. The van der Waals surface area contributed by atoms with E-state index in [0.29, 0.717) is 22.8 Å². The Morgan fingerprint density at radius 1 is 1.00 bits per heavy atom. The third kappa shape index (κ3) is 6.60. The van der Waals surface area contributed by atoms with Gasteiger partial charge in [-0.15, -0.1) is 0 Å². The fourth-order valence-corrected chi connectivity index (χ4v) is 6.26. The minimum atomic E-state index is -3.87. The molecule has 11 nitrogen and oxygen atoms in total. The van der Waals surface area contributed by atoms with E-state index in [0.717, 1.165) is 0 Å². The molecule has 4 rings (SSSR count). The number of benzene rings is 2. The summed E-state index contributed by atoms with van der Waals surface area (Å²) < 4.78 is 33.6. The predicted molar refractivity (Wildman–Crippen MR) is 153 cm³/mol. The number of carbonyl (C=O) groups excluding carboxylic acids is 3. The zero-order valence-corrected chi connectivity index (χ0v) is 24.4. The van der Waals surface area contributed by atoms with Crippen molar-refractivity contribution in [2.24, 2.45) is 0 Å². The highest BCUT2D eigenvalue weighted by Crippen LogP contribution is 2.26. The van der Waals surface area contributed by atoms with Gasteiger partial charge >= 0.3 is 5.97 Å². The maximum Gasteiger partial charge on any atom is 0.342 e. The van der Waals surface area contributed by atoms with Crippen LogP contribution in [0, 0.1) is 6.92 Å². The van der Waals surface area contributed by atoms with Gasteiger partial charge in [-0.3, -0.25) is 9.59 Å². The first-order valence-electron chi connectivity index (χ1n) is 13.2. The third-order valence-corrected chi connectivity index (χ3v) is 8.53. The molecule has 1 aliphatic heterocycles. The van der Waals surface area contributed by atoms with Crippen LogP contribution in [0.15, 0.2) is 59.5 Å². The summed E-state index contributed by atoms with van der Waals surface area (Å²) in [7, 11) is -3.87. The maximum absolute atomic E-state index is 13.9. The van der Waals surface area contributed by atoms with E-state index in [4.69, 9.17) is 4.74 Å². The predicted octanol–water partition coefficient (Wildman–Crippen LogP) is 3.51. The van der Waals surface area contributed by atoms with Crippen molar-refractivity contribution in [2.45, 2.75) is 51.7 Å². The van der Waals surface area contributed by atoms with Gasteiger partial charge in [0.1, 0.15) is 11.3 Å². The summed E-state index contributed by atoms with van der Waals surface area (Å²) in [6.45, 7) is 8.37. The number of piperazine rings is 1. The van der Waals surface area contributed by atoms with Crippen LogP contribution in [0.4, 0.5) is 5.69 Å². The first-order chi connectivity index (χ1) is 19.4. The van der Waals surface area contributed by atoms with Gasteiger partial charge in [0.05, 0.1) is 16.7 Å². The van der Waals surface area contributed by atoms with Crippen LogP contribution in [0.5, 0.6) is 0 Å². The van der Waals surface area contributed by atoms with Gasteiger partial charge in [0.2, 0.25) is 15.9 Å². The molecule has 0 aliphatic carbocycles. The summed E-state index contributed by atoms with van der Waals surface area (Å²) in [6.07, 6.45) is -0.417. The van der Waals surface area contributed by atoms with Crippen molar-refractivity contribution in [1.29, 1.82) is 0 Å². The molecule has 2 aromatic carbocycles. The topological polar surface area (TPSA) is 139 Å². The van der Waals surface area contributed by atoms with E-state index in [1.165, 1.54) is 40.4 Å². The monoisotopic (exact) mass is 579 g/mol. The van der Waals surface area contributed by atoms with E-state index in [2.05, 4.69) is 15.3 Å². The second-order valence-electron chi connectivity index (χ2n) is 10.1. The number of nitrogens with one attached hydrogen (secondary N) is 1. The molecule has 0 spiro atoms. The van der Waals surface area contributed by atoms with Gasteiger partial charge in [-0.05, 0) is 52.0 Å². The Hall–Kier alpha value is -4.16. The number of nitrogens with zero attached hydrogens (tertiary/aromatic N) is 4. The summed E-state index contributed by atoms with van der Waals surface area (Å²) >= 11 is 0. The number of aromatic nitrogens is 2. The summed E-state index contributed by atoms with van der Waals surface area (Å²) in [5, 5.41) is 2.61. The number of hydrogen-bond acceptors (Lipinski definition) is 8. The van der Waals surface area contributed by atoms with Crippen LogP contribution < -0.4 is 5.32 Å². The van der Waals surface area contributed by atoms with Crippen molar-refractivity contribution in [3.05, 3.63) is 71.5 Å². The zero-order chi connectivity index (χ0) is 29.9. The van der Waals surface area contributed by atoms with Gasteiger partial charge in [-0.2, -0.15) is 4.31 Å². The number of anilines is 1. The van der Waals surface area contributed by atoms with E-state index in [1.54, 1.807) is 27.7 Å². The van der Waals surface area contributed by atoms with E-state index in [9.17, 15) is 22.8 Å². The zero-order valence-electron chi connectivity index (χ0n) is 23.6. The van der Waals surface area contributed by atoms with E-state index < -0.39 is 34.0 Å². The third-order valence-electron chi connectivity index (χ3n) is 6.51. The van der Waals surface area contributed by atoms with Crippen LogP contribution in [-0.4, -0.2) is 77.2 Å². The molecule has 1 fully saturated rings. The van der Waals surface area contributed by atoms with Crippen molar-refractivity contribution in [3.8, 4) is 11.4 Å². The number of hydrogen-bond donors (Lipinski definition) is 1. The molecular weight excluding hydrogens is 546 g/mol. The molecule has 216 valence electrons. The fraction of sp³-hybridized carbons (Fsp3) is 0.345. The van der Waals surface area contributed by atoms with Crippen LogP contribution >= 0.6 is 0 Å². The van der Waals surface area contributed by atoms with Gasteiger partial charge in [0.15, 0.2) is 5.82 Å².